The highest BCUT2D eigenvalue weighted by Gasteiger charge is 1.93. The molecule has 11 heavy (non-hydrogen) atoms. The quantitative estimate of drug-likeness (QED) is 0.727. The van der Waals surface area contributed by atoms with Crippen molar-refractivity contribution in [1.82, 2.24) is 0 Å². The minimum atomic E-state index is -0.379. The molecule has 0 fully saturated rings. The molecule has 1 aromatic carbocycles. The predicted octanol–water partition coefficient (Wildman–Crippen LogP) is 2.16. The van der Waals surface area contributed by atoms with Crippen LogP contribution in [-0.2, 0) is 0 Å². The average Bonchev–Trinajstić information content (AvgIpc) is 2.10. The van der Waals surface area contributed by atoms with E-state index >= 15 is 0 Å². The summed E-state index contributed by atoms with van der Waals surface area (Å²) in [7, 11) is 8.22. The van der Waals surface area contributed by atoms with Gasteiger partial charge in [0.25, 0.3) is 0 Å². The van der Waals surface area contributed by atoms with Gasteiger partial charge in [-0.1, -0.05) is 18.2 Å². The van der Waals surface area contributed by atoms with Crippen molar-refractivity contribution < 1.29 is 4.79 Å². The SMILES string of the molecule is ClCl.NC(=O)c1ccccc1. The van der Waals surface area contributed by atoms with Crippen molar-refractivity contribution in [3.8, 4) is 0 Å². The first kappa shape index (κ1) is 10.3. The monoisotopic (exact) mass is 191 g/mol. The standard InChI is InChI=1S/C7H7NO.Cl2/c8-7(9)6-4-2-1-3-5-6;1-2/h1-5H,(H2,8,9);. The number of nitrogens with two attached hydrogens (primary N) is 1. The van der Waals surface area contributed by atoms with E-state index in [0.717, 1.165) is 0 Å². The number of primary amides is 1. The minimum Gasteiger partial charge on any atom is -0.366 e. The van der Waals surface area contributed by atoms with E-state index in [9.17, 15) is 4.79 Å². The first-order valence-corrected chi connectivity index (χ1v) is 3.94. The Morgan fingerprint density at radius 3 is 1.91 bits per heavy atom. The van der Waals surface area contributed by atoms with Gasteiger partial charge in [0.15, 0.2) is 0 Å². The smallest absolute Gasteiger partial charge is 0.248 e. The van der Waals surface area contributed by atoms with E-state index in [1.165, 1.54) is 0 Å². The fraction of sp³-hybridized carbons (Fsp3) is 0. The first-order chi connectivity index (χ1) is 5.30. The fourth-order valence-electron chi connectivity index (χ4n) is 0.602. The van der Waals surface area contributed by atoms with Gasteiger partial charge in [0.05, 0.1) is 0 Å². The van der Waals surface area contributed by atoms with E-state index in [-0.39, 0.29) is 5.91 Å². The van der Waals surface area contributed by atoms with Crippen LogP contribution < -0.4 is 5.73 Å². The van der Waals surface area contributed by atoms with Crippen molar-refractivity contribution in [3.05, 3.63) is 35.9 Å². The number of halogens is 2. The predicted molar refractivity (Wildman–Crippen MR) is 46.7 cm³/mol. The van der Waals surface area contributed by atoms with Gasteiger partial charge in [-0.05, 0) is 12.1 Å². The molecule has 1 amide bonds. The molecule has 0 atom stereocenters. The summed E-state index contributed by atoms with van der Waals surface area (Å²) in [5.41, 5.74) is 5.53. The second-order valence-corrected chi connectivity index (χ2v) is 1.73. The molecule has 2 N–H and O–H groups in total. The van der Waals surface area contributed by atoms with Crippen LogP contribution in [0.5, 0.6) is 0 Å². The van der Waals surface area contributed by atoms with E-state index < -0.39 is 0 Å². The topological polar surface area (TPSA) is 43.1 Å². The highest BCUT2D eigenvalue weighted by Crippen LogP contribution is 1.94. The summed E-state index contributed by atoms with van der Waals surface area (Å²) < 4.78 is 0. The molecule has 1 aromatic rings. The van der Waals surface area contributed by atoms with Crippen LogP contribution in [-0.4, -0.2) is 5.91 Å². The third-order valence-corrected chi connectivity index (χ3v) is 1.06. The second kappa shape index (κ2) is 6.01. The van der Waals surface area contributed by atoms with Gasteiger partial charge in [0.1, 0.15) is 0 Å². The lowest BCUT2D eigenvalue weighted by Gasteiger charge is -1.89. The summed E-state index contributed by atoms with van der Waals surface area (Å²) in [4.78, 5) is 10.4. The molecule has 0 saturated carbocycles. The number of carbonyl (C=O) groups is 1. The molecule has 0 aliphatic heterocycles. The fourth-order valence-corrected chi connectivity index (χ4v) is 0.602. The van der Waals surface area contributed by atoms with Crippen LogP contribution in [0, 0.1) is 0 Å². The van der Waals surface area contributed by atoms with Crippen LogP contribution in [0.15, 0.2) is 30.3 Å². The van der Waals surface area contributed by atoms with Gasteiger partial charge < -0.3 is 5.73 Å². The molecule has 4 heteroatoms. The van der Waals surface area contributed by atoms with Gasteiger partial charge >= 0.3 is 0 Å². The summed E-state index contributed by atoms with van der Waals surface area (Å²) in [6, 6.07) is 8.76. The number of benzene rings is 1. The maximum Gasteiger partial charge on any atom is 0.248 e. The van der Waals surface area contributed by atoms with Gasteiger partial charge in [0.2, 0.25) is 5.91 Å². The van der Waals surface area contributed by atoms with E-state index in [0.29, 0.717) is 5.56 Å². The third-order valence-electron chi connectivity index (χ3n) is 1.06. The Morgan fingerprint density at radius 2 is 1.64 bits per heavy atom. The zero-order chi connectivity index (χ0) is 8.69. The Balaban J connectivity index is 0.000000461. The van der Waals surface area contributed by atoms with Crippen molar-refractivity contribution in [3.63, 3.8) is 0 Å². The van der Waals surface area contributed by atoms with Gasteiger partial charge in [0, 0.05) is 27.3 Å². The van der Waals surface area contributed by atoms with Gasteiger partial charge in [-0.3, -0.25) is 4.79 Å². The molecule has 0 bridgehead atoms. The first-order valence-electron chi connectivity index (χ1n) is 2.80. The Bertz CT molecular complexity index is 213. The zero-order valence-electron chi connectivity index (χ0n) is 5.63. The molecule has 2 nitrogen and oxygen atoms in total. The molecule has 60 valence electrons. The van der Waals surface area contributed by atoms with Crippen LogP contribution in [0.3, 0.4) is 0 Å². The van der Waals surface area contributed by atoms with Crippen LogP contribution in [0.4, 0.5) is 0 Å². The van der Waals surface area contributed by atoms with Crippen molar-refractivity contribution in [1.29, 1.82) is 0 Å². The highest BCUT2D eigenvalue weighted by atomic mass is 36.5. The van der Waals surface area contributed by atoms with Gasteiger partial charge in [-0.15, -0.1) is 0 Å². The van der Waals surface area contributed by atoms with Crippen LogP contribution in [0.25, 0.3) is 0 Å². The summed E-state index contributed by atoms with van der Waals surface area (Å²) in [6.07, 6.45) is 0. The van der Waals surface area contributed by atoms with Crippen LogP contribution >= 0.6 is 21.7 Å². The van der Waals surface area contributed by atoms with Crippen LogP contribution in [0.1, 0.15) is 10.4 Å². The Morgan fingerprint density at radius 1 is 1.18 bits per heavy atom. The minimum absolute atomic E-state index is 0.379. The van der Waals surface area contributed by atoms with Gasteiger partial charge in [-0.2, -0.15) is 0 Å². The number of amides is 1. The van der Waals surface area contributed by atoms with E-state index in [2.05, 4.69) is 21.7 Å². The second-order valence-electron chi connectivity index (χ2n) is 1.73. The molecule has 0 unspecified atom stereocenters. The van der Waals surface area contributed by atoms with Gasteiger partial charge in [-0.25, -0.2) is 0 Å². The Kier molecular flexibility index (Phi) is 5.61. The van der Waals surface area contributed by atoms with E-state index in [1.54, 1.807) is 24.3 Å². The molecule has 0 aromatic heterocycles. The molecule has 0 radical (unpaired) electrons. The molecule has 0 spiro atoms. The van der Waals surface area contributed by atoms with E-state index in [1.807, 2.05) is 6.07 Å². The number of rotatable bonds is 1. The van der Waals surface area contributed by atoms with Crippen LogP contribution in [0.2, 0.25) is 0 Å². The average molecular weight is 192 g/mol. The van der Waals surface area contributed by atoms with Crippen molar-refractivity contribution in [2.45, 2.75) is 0 Å². The lowest BCUT2D eigenvalue weighted by molar-refractivity contribution is 0.100. The number of hydrogen-bond donors (Lipinski definition) is 1. The Labute approximate surface area is 74.5 Å². The largest absolute Gasteiger partial charge is 0.366 e. The lowest BCUT2D eigenvalue weighted by Crippen LogP contribution is -2.09. The molecule has 1 rings (SSSR count). The van der Waals surface area contributed by atoms with Crippen molar-refractivity contribution in [2.75, 3.05) is 0 Å². The zero-order valence-corrected chi connectivity index (χ0v) is 7.14. The molecule has 0 saturated heterocycles. The maximum atomic E-state index is 10.4. The lowest BCUT2D eigenvalue weighted by atomic mass is 10.2. The molecule has 0 aliphatic carbocycles. The maximum absolute atomic E-state index is 10.4. The summed E-state index contributed by atoms with van der Waals surface area (Å²) in [5.74, 6) is -0.379. The molecule has 0 heterocycles. The van der Waals surface area contributed by atoms with Crippen molar-refractivity contribution >= 4 is 27.6 Å². The molecular weight excluding hydrogens is 185 g/mol. The van der Waals surface area contributed by atoms with E-state index in [4.69, 9.17) is 5.73 Å². The number of hydrogen-bond acceptors (Lipinski definition) is 1. The molecule has 0 aliphatic rings. The normalized spacial score (nSPS) is 7.82. The summed E-state index contributed by atoms with van der Waals surface area (Å²) >= 11 is 0. The highest BCUT2D eigenvalue weighted by molar-refractivity contribution is 6.85. The summed E-state index contributed by atoms with van der Waals surface area (Å²) in [5, 5.41) is 0. The summed E-state index contributed by atoms with van der Waals surface area (Å²) in [6.45, 7) is 0. The number of carbonyl (C=O) groups excluding carboxylic acids is 1. The van der Waals surface area contributed by atoms with Crippen molar-refractivity contribution in [2.24, 2.45) is 5.73 Å². The molecular formula is C7H7Cl2NO. The third kappa shape index (κ3) is 3.86. The Hall–Kier alpha value is -0.730.